The molecule has 0 aromatic rings. The van der Waals surface area contributed by atoms with Crippen molar-refractivity contribution in [2.75, 3.05) is 6.54 Å². The van der Waals surface area contributed by atoms with E-state index in [0.29, 0.717) is 4.90 Å². The molecule has 0 radical (unpaired) electrons. The van der Waals surface area contributed by atoms with Crippen molar-refractivity contribution in [1.82, 2.24) is 4.90 Å². The summed E-state index contributed by atoms with van der Waals surface area (Å²) >= 11 is 0. The van der Waals surface area contributed by atoms with Gasteiger partial charge in [-0.15, -0.1) is 11.3 Å². The number of imide groups is 1. The van der Waals surface area contributed by atoms with E-state index in [1.807, 2.05) is 0 Å². The molecule has 0 spiro atoms. The van der Waals surface area contributed by atoms with E-state index in [9.17, 15) is 9.59 Å². The van der Waals surface area contributed by atoms with Gasteiger partial charge in [0.25, 0.3) is 0 Å². The molecule has 0 rings (SSSR count). The maximum Gasteiger partial charge on any atom is 0.427 e. The molecule has 0 aliphatic rings. The van der Waals surface area contributed by atoms with Crippen LogP contribution in [0.5, 0.6) is 0 Å². The minimum Gasteiger partial charge on any atom is -0.443 e. The number of hydrogen-bond acceptors (Lipinski definition) is 5. The van der Waals surface area contributed by atoms with Crippen LogP contribution in [0.2, 0.25) is 0 Å². The average Bonchev–Trinajstić information content (AvgIpc) is 2.21. The van der Waals surface area contributed by atoms with E-state index in [-0.39, 0.29) is 12.5 Å². The van der Waals surface area contributed by atoms with Crippen molar-refractivity contribution >= 4 is 18.1 Å². The van der Waals surface area contributed by atoms with Gasteiger partial charge in [0.05, 0.1) is 0 Å². The Morgan fingerprint density at radius 2 is 1.48 bits per heavy atom. The van der Waals surface area contributed by atoms with E-state index >= 15 is 0 Å². The molecule has 0 unspecified atom stereocenters. The molecule has 0 fully saturated rings. The lowest BCUT2D eigenvalue weighted by Crippen LogP contribution is -2.50. The lowest BCUT2D eigenvalue weighted by molar-refractivity contribution is 0.0145. The SMILES string of the molecule is C#CCN=C(N)N(C(=O)OC(C)(C)C)C(=O)OC(C)(C)C. The van der Waals surface area contributed by atoms with Crippen molar-refractivity contribution in [1.29, 1.82) is 0 Å². The summed E-state index contributed by atoms with van der Waals surface area (Å²) in [6.45, 7) is 9.88. The van der Waals surface area contributed by atoms with Crippen LogP contribution in [0, 0.1) is 12.3 Å². The molecule has 0 bridgehead atoms. The molecular weight excluding hydrogens is 274 g/mol. The smallest absolute Gasteiger partial charge is 0.427 e. The monoisotopic (exact) mass is 297 g/mol. The zero-order valence-corrected chi connectivity index (χ0v) is 13.4. The number of rotatable bonds is 1. The summed E-state index contributed by atoms with van der Waals surface area (Å²) in [7, 11) is 0. The summed E-state index contributed by atoms with van der Waals surface area (Å²) in [6.07, 6.45) is 3.12. The fraction of sp³-hybridized carbons (Fsp3) is 0.643. The third-order valence-corrected chi connectivity index (χ3v) is 1.71. The van der Waals surface area contributed by atoms with Gasteiger partial charge in [-0.1, -0.05) is 5.92 Å². The summed E-state index contributed by atoms with van der Waals surface area (Å²) in [4.78, 5) is 28.4. The van der Waals surface area contributed by atoms with Gasteiger partial charge in [-0.25, -0.2) is 14.6 Å². The maximum absolute atomic E-state index is 12.1. The molecule has 2 N–H and O–H groups in total. The molecule has 0 aliphatic carbocycles. The van der Waals surface area contributed by atoms with Gasteiger partial charge < -0.3 is 15.2 Å². The Labute approximate surface area is 125 Å². The minimum absolute atomic E-state index is 0.0755. The van der Waals surface area contributed by atoms with Crippen molar-refractivity contribution in [2.24, 2.45) is 10.7 Å². The lowest BCUT2D eigenvalue weighted by Gasteiger charge is -2.27. The van der Waals surface area contributed by atoms with Gasteiger partial charge in [0, 0.05) is 0 Å². The predicted molar refractivity (Wildman–Crippen MR) is 79.6 cm³/mol. The van der Waals surface area contributed by atoms with Gasteiger partial charge in [-0.2, -0.15) is 0 Å². The molecule has 7 nitrogen and oxygen atoms in total. The van der Waals surface area contributed by atoms with Crippen molar-refractivity contribution in [3.05, 3.63) is 0 Å². The second kappa shape index (κ2) is 6.97. The number of terminal acetylenes is 1. The molecular formula is C14H23N3O4. The van der Waals surface area contributed by atoms with Gasteiger partial charge in [-0.05, 0) is 41.5 Å². The molecule has 0 aromatic heterocycles. The second-order valence-electron chi connectivity index (χ2n) is 6.17. The number of carbonyl (C=O) groups is 2. The van der Waals surface area contributed by atoms with Gasteiger partial charge in [0.1, 0.15) is 17.7 Å². The van der Waals surface area contributed by atoms with Crippen LogP contribution in [0.1, 0.15) is 41.5 Å². The van der Waals surface area contributed by atoms with Crippen molar-refractivity contribution in [2.45, 2.75) is 52.7 Å². The quantitative estimate of drug-likeness (QED) is 0.454. The van der Waals surface area contributed by atoms with Gasteiger partial charge >= 0.3 is 12.2 Å². The summed E-state index contributed by atoms with van der Waals surface area (Å²) in [6, 6.07) is 0. The Balaban J connectivity index is 5.34. The van der Waals surface area contributed by atoms with E-state index in [1.165, 1.54) is 0 Å². The summed E-state index contributed by atoms with van der Waals surface area (Å²) < 4.78 is 10.2. The fourth-order valence-corrected chi connectivity index (χ4v) is 1.07. The van der Waals surface area contributed by atoms with Crippen LogP contribution in [0.4, 0.5) is 9.59 Å². The molecule has 118 valence electrons. The van der Waals surface area contributed by atoms with E-state index in [4.69, 9.17) is 21.6 Å². The first-order chi connectivity index (χ1) is 9.37. The molecule has 0 aliphatic heterocycles. The number of carbonyl (C=O) groups excluding carboxylic acids is 2. The highest BCUT2D eigenvalue weighted by Gasteiger charge is 2.33. The lowest BCUT2D eigenvalue weighted by atomic mass is 10.2. The maximum atomic E-state index is 12.1. The van der Waals surface area contributed by atoms with Crippen molar-refractivity contribution in [3.63, 3.8) is 0 Å². The molecule has 0 heterocycles. The Kier molecular flexibility index (Phi) is 6.23. The van der Waals surface area contributed by atoms with Gasteiger partial charge in [0.2, 0.25) is 5.96 Å². The van der Waals surface area contributed by atoms with Crippen LogP contribution >= 0.6 is 0 Å². The molecule has 21 heavy (non-hydrogen) atoms. The van der Waals surface area contributed by atoms with E-state index in [1.54, 1.807) is 41.5 Å². The summed E-state index contributed by atoms with van der Waals surface area (Å²) in [5.41, 5.74) is 4.02. The number of aliphatic imine (C=N–C) groups is 1. The highest BCUT2D eigenvalue weighted by Crippen LogP contribution is 2.14. The van der Waals surface area contributed by atoms with Crippen molar-refractivity contribution in [3.8, 4) is 12.3 Å². The van der Waals surface area contributed by atoms with Crippen LogP contribution in [-0.4, -0.2) is 40.8 Å². The average molecular weight is 297 g/mol. The Hall–Kier alpha value is -2.23. The van der Waals surface area contributed by atoms with Crippen LogP contribution in [-0.2, 0) is 9.47 Å². The zero-order chi connectivity index (χ0) is 16.8. The highest BCUT2D eigenvalue weighted by atomic mass is 16.6. The summed E-state index contributed by atoms with van der Waals surface area (Å²) in [5, 5.41) is 0. The topological polar surface area (TPSA) is 94.2 Å². The number of amides is 2. The Morgan fingerprint density at radius 1 is 1.10 bits per heavy atom. The van der Waals surface area contributed by atoms with Crippen molar-refractivity contribution < 1.29 is 19.1 Å². The number of ether oxygens (including phenoxy) is 2. The number of nitrogens with two attached hydrogens (primary N) is 1. The van der Waals surface area contributed by atoms with E-state index in [0.717, 1.165) is 0 Å². The van der Waals surface area contributed by atoms with E-state index in [2.05, 4.69) is 10.9 Å². The Bertz CT molecular complexity index is 436. The second-order valence-corrected chi connectivity index (χ2v) is 6.17. The molecule has 0 saturated heterocycles. The van der Waals surface area contributed by atoms with Crippen LogP contribution in [0.15, 0.2) is 4.99 Å². The molecule has 2 amide bonds. The molecule has 0 atom stereocenters. The highest BCUT2D eigenvalue weighted by molar-refractivity contribution is 6.07. The van der Waals surface area contributed by atoms with Crippen LogP contribution < -0.4 is 5.73 Å². The zero-order valence-electron chi connectivity index (χ0n) is 13.4. The van der Waals surface area contributed by atoms with Gasteiger partial charge in [-0.3, -0.25) is 0 Å². The Morgan fingerprint density at radius 3 is 1.76 bits per heavy atom. The van der Waals surface area contributed by atoms with Crippen LogP contribution in [0.25, 0.3) is 0 Å². The minimum atomic E-state index is -0.977. The first-order valence-electron chi connectivity index (χ1n) is 6.37. The molecule has 0 saturated carbocycles. The predicted octanol–water partition coefficient (Wildman–Crippen LogP) is 2.11. The fourth-order valence-electron chi connectivity index (χ4n) is 1.07. The van der Waals surface area contributed by atoms with Crippen LogP contribution in [0.3, 0.4) is 0 Å². The van der Waals surface area contributed by atoms with Gasteiger partial charge in [0.15, 0.2) is 0 Å². The normalized spacial score (nSPS) is 12.3. The third-order valence-electron chi connectivity index (χ3n) is 1.71. The molecule has 7 heteroatoms. The molecule has 0 aromatic carbocycles. The number of nitrogens with zero attached hydrogens (tertiary/aromatic N) is 2. The van der Waals surface area contributed by atoms with E-state index < -0.39 is 23.4 Å². The standard InChI is InChI=1S/C14H23N3O4/c1-8-9-16-10(15)17(11(18)20-13(2,3)4)12(19)21-14(5,6)7/h1H,9H2,2-7H3,(H2,15,16). The first kappa shape index (κ1) is 18.8. The number of hydrogen-bond donors (Lipinski definition) is 1. The third kappa shape index (κ3) is 7.82. The summed E-state index contributed by atoms with van der Waals surface area (Å²) in [5.74, 6) is 1.85. The number of guanidine groups is 1. The largest absolute Gasteiger partial charge is 0.443 e. The first-order valence-corrected chi connectivity index (χ1v) is 6.37.